The van der Waals surface area contributed by atoms with Gasteiger partial charge in [0.15, 0.2) is 0 Å². The van der Waals surface area contributed by atoms with Crippen LogP contribution in [0.25, 0.3) is 0 Å². The lowest BCUT2D eigenvalue weighted by Gasteiger charge is -2.34. The number of piperidine rings is 1. The van der Waals surface area contributed by atoms with Crippen LogP contribution < -0.4 is 10.6 Å². The van der Waals surface area contributed by atoms with Gasteiger partial charge in [-0.1, -0.05) is 32.6 Å². The van der Waals surface area contributed by atoms with Gasteiger partial charge in [0.05, 0.1) is 0 Å². The lowest BCUT2D eigenvalue weighted by atomic mass is 10.0. The maximum absolute atomic E-state index is 12.4. The second-order valence-corrected chi connectivity index (χ2v) is 6.89. The molecule has 2 fully saturated rings. The highest BCUT2D eigenvalue weighted by Gasteiger charge is 2.30. The Bertz CT molecular complexity index is 384. The van der Waals surface area contributed by atoms with Gasteiger partial charge in [-0.25, -0.2) is 0 Å². The van der Waals surface area contributed by atoms with Crippen molar-refractivity contribution in [2.75, 3.05) is 19.6 Å². The number of hydrogen-bond acceptors (Lipinski definition) is 3. The average Bonchev–Trinajstić information content (AvgIpc) is 2.86. The van der Waals surface area contributed by atoms with Crippen LogP contribution in [0.4, 0.5) is 0 Å². The number of hydrogen-bond donors (Lipinski definition) is 2. The van der Waals surface area contributed by atoms with Crippen LogP contribution in [0.1, 0.15) is 71.1 Å². The number of carbonyl (C=O) groups is 2. The number of halogens is 1. The molecule has 0 spiro atoms. The molecule has 1 saturated carbocycles. The molecular weight excluding hydrogens is 326 g/mol. The van der Waals surface area contributed by atoms with E-state index in [-0.39, 0.29) is 30.3 Å². The Kier molecular flexibility index (Phi) is 10.3. The van der Waals surface area contributed by atoms with Crippen molar-refractivity contribution in [3.05, 3.63) is 0 Å². The molecule has 2 N–H and O–H groups in total. The van der Waals surface area contributed by atoms with Gasteiger partial charge in [0.1, 0.15) is 6.04 Å². The van der Waals surface area contributed by atoms with Gasteiger partial charge in [0, 0.05) is 32.1 Å². The zero-order chi connectivity index (χ0) is 16.5. The van der Waals surface area contributed by atoms with E-state index in [2.05, 4.69) is 10.6 Å². The van der Waals surface area contributed by atoms with E-state index in [9.17, 15) is 9.59 Å². The van der Waals surface area contributed by atoms with E-state index in [1.165, 1.54) is 38.5 Å². The van der Waals surface area contributed by atoms with Crippen molar-refractivity contribution in [2.24, 2.45) is 0 Å². The third-order valence-corrected chi connectivity index (χ3v) is 5.14. The van der Waals surface area contributed by atoms with Crippen LogP contribution in [0.15, 0.2) is 0 Å². The molecule has 140 valence electrons. The molecule has 0 aromatic heterocycles. The molecule has 1 aliphatic heterocycles. The molecule has 1 heterocycles. The molecule has 0 aromatic rings. The molecule has 24 heavy (non-hydrogen) atoms. The van der Waals surface area contributed by atoms with Crippen molar-refractivity contribution in [1.29, 1.82) is 0 Å². The number of nitrogens with one attached hydrogen (secondary N) is 2. The molecule has 0 radical (unpaired) electrons. The van der Waals surface area contributed by atoms with Gasteiger partial charge in [-0.2, -0.15) is 0 Å². The largest absolute Gasteiger partial charge is 0.353 e. The van der Waals surface area contributed by atoms with Crippen LogP contribution in [0.5, 0.6) is 0 Å². The zero-order valence-electron chi connectivity index (χ0n) is 15.0. The van der Waals surface area contributed by atoms with Crippen molar-refractivity contribution in [2.45, 2.75) is 83.2 Å². The van der Waals surface area contributed by atoms with Crippen LogP contribution >= 0.6 is 12.4 Å². The Balaban J connectivity index is 0.00000288. The Labute approximate surface area is 152 Å². The fraction of sp³-hybridized carbons (Fsp3) is 0.889. The predicted octanol–water partition coefficient (Wildman–Crippen LogP) is 2.63. The molecule has 2 rings (SSSR count). The van der Waals surface area contributed by atoms with E-state index in [0.29, 0.717) is 19.0 Å². The first-order chi connectivity index (χ1) is 11.2. The van der Waals surface area contributed by atoms with Gasteiger partial charge < -0.3 is 15.5 Å². The van der Waals surface area contributed by atoms with Gasteiger partial charge in [0.2, 0.25) is 11.8 Å². The second kappa shape index (κ2) is 11.7. The molecule has 0 aromatic carbocycles. The number of nitrogens with zero attached hydrogens (tertiary/aromatic N) is 1. The third kappa shape index (κ3) is 6.60. The minimum absolute atomic E-state index is 0. The number of carbonyl (C=O) groups excluding carboxylic acids is 2. The summed E-state index contributed by atoms with van der Waals surface area (Å²) >= 11 is 0. The smallest absolute Gasteiger partial charge is 0.242 e. The molecule has 2 aliphatic rings. The number of amides is 2. The van der Waals surface area contributed by atoms with Crippen LogP contribution in [-0.2, 0) is 9.59 Å². The van der Waals surface area contributed by atoms with E-state index < -0.39 is 0 Å². The molecule has 6 heteroatoms. The third-order valence-electron chi connectivity index (χ3n) is 5.14. The molecule has 1 saturated heterocycles. The second-order valence-electron chi connectivity index (χ2n) is 6.89. The predicted molar refractivity (Wildman–Crippen MR) is 99.4 cm³/mol. The van der Waals surface area contributed by atoms with Crippen molar-refractivity contribution in [3.8, 4) is 0 Å². The van der Waals surface area contributed by atoms with Gasteiger partial charge in [-0.3, -0.25) is 9.59 Å². The lowest BCUT2D eigenvalue weighted by molar-refractivity contribution is -0.142. The molecule has 0 bridgehead atoms. The number of rotatable bonds is 6. The highest BCUT2D eigenvalue weighted by molar-refractivity contribution is 5.87. The molecule has 2 amide bonds. The average molecular weight is 360 g/mol. The molecule has 5 nitrogen and oxygen atoms in total. The summed E-state index contributed by atoms with van der Waals surface area (Å²) in [6.07, 6.45) is 11.2. The van der Waals surface area contributed by atoms with Crippen molar-refractivity contribution in [1.82, 2.24) is 15.5 Å². The summed E-state index contributed by atoms with van der Waals surface area (Å²) in [6.45, 7) is 4.07. The summed E-state index contributed by atoms with van der Waals surface area (Å²) in [4.78, 5) is 26.2. The fourth-order valence-electron chi connectivity index (χ4n) is 3.77. The van der Waals surface area contributed by atoms with E-state index in [1.807, 2.05) is 6.92 Å². The Hall–Kier alpha value is -0.810. The van der Waals surface area contributed by atoms with Gasteiger partial charge in [-0.15, -0.1) is 12.4 Å². The monoisotopic (exact) mass is 359 g/mol. The maximum atomic E-state index is 12.4. The first kappa shape index (κ1) is 21.2. The highest BCUT2D eigenvalue weighted by atomic mass is 35.5. The van der Waals surface area contributed by atoms with Gasteiger partial charge >= 0.3 is 0 Å². The molecule has 1 unspecified atom stereocenters. The van der Waals surface area contributed by atoms with Gasteiger partial charge in [-0.05, 0) is 32.1 Å². The SMILES string of the molecule is CCC(=O)N1CCCCC1C(=O)NCCNC1CCCCCC1.Cl. The first-order valence-electron chi connectivity index (χ1n) is 9.53. The lowest BCUT2D eigenvalue weighted by Crippen LogP contribution is -2.52. The highest BCUT2D eigenvalue weighted by Crippen LogP contribution is 2.18. The maximum Gasteiger partial charge on any atom is 0.242 e. The first-order valence-corrected chi connectivity index (χ1v) is 9.53. The molecule has 1 aliphatic carbocycles. The normalized spacial score (nSPS) is 22.4. The van der Waals surface area contributed by atoms with E-state index in [0.717, 1.165) is 32.4 Å². The molecular formula is C18H34ClN3O2. The van der Waals surface area contributed by atoms with Crippen molar-refractivity contribution >= 4 is 24.2 Å². The Morgan fingerprint density at radius 2 is 1.62 bits per heavy atom. The van der Waals surface area contributed by atoms with E-state index in [1.54, 1.807) is 4.90 Å². The van der Waals surface area contributed by atoms with Crippen LogP contribution in [0.3, 0.4) is 0 Å². The number of likely N-dealkylation sites (tertiary alicyclic amines) is 1. The molecule has 1 atom stereocenters. The summed E-state index contributed by atoms with van der Waals surface area (Å²) in [7, 11) is 0. The minimum Gasteiger partial charge on any atom is -0.353 e. The van der Waals surface area contributed by atoms with Crippen LogP contribution in [-0.4, -0.2) is 48.4 Å². The Morgan fingerprint density at radius 1 is 0.958 bits per heavy atom. The Morgan fingerprint density at radius 3 is 2.29 bits per heavy atom. The van der Waals surface area contributed by atoms with Crippen molar-refractivity contribution in [3.63, 3.8) is 0 Å². The van der Waals surface area contributed by atoms with Gasteiger partial charge in [0.25, 0.3) is 0 Å². The van der Waals surface area contributed by atoms with Crippen molar-refractivity contribution < 1.29 is 9.59 Å². The standard InChI is InChI=1S/C18H33N3O2.ClH/c1-2-17(22)21-14-8-7-11-16(21)18(23)20-13-12-19-15-9-5-3-4-6-10-15;/h15-16,19H,2-14H2,1H3,(H,20,23);1H. The topological polar surface area (TPSA) is 61.4 Å². The van der Waals surface area contributed by atoms with E-state index in [4.69, 9.17) is 0 Å². The minimum atomic E-state index is -0.255. The summed E-state index contributed by atoms with van der Waals surface area (Å²) in [5.74, 6) is 0.121. The summed E-state index contributed by atoms with van der Waals surface area (Å²) in [5, 5.41) is 6.59. The summed E-state index contributed by atoms with van der Waals surface area (Å²) in [6, 6.07) is 0.358. The summed E-state index contributed by atoms with van der Waals surface area (Å²) < 4.78 is 0. The summed E-state index contributed by atoms with van der Waals surface area (Å²) in [5.41, 5.74) is 0. The van der Waals surface area contributed by atoms with E-state index >= 15 is 0 Å². The van der Waals surface area contributed by atoms with Crippen LogP contribution in [0, 0.1) is 0 Å². The fourth-order valence-corrected chi connectivity index (χ4v) is 3.77. The quantitative estimate of drug-likeness (QED) is 0.566. The zero-order valence-corrected chi connectivity index (χ0v) is 15.8. The van der Waals surface area contributed by atoms with Crippen LogP contribution in [0.2, 0.25) is 0 Å².